The van der Waals surface area contributed by atoms with Crippen molar-refractivity contribution >= 4 is 11.4 Å². The fourth-order valence-electron chi connectivity index (χ4n) is 2.18. The Morgan fingerprint density at radius 3 is 2.19 bits per heavy atom. The second-order valence-corrected chi connectivity index (χ2v) is 5.40. The summed E-state index contributed by atoms with van der Waals surface area (Å²) in [7, 11) is 0. The monoisotopic (exact) mass is 286 g/mol. The van der Waals surface area contributed by atoms with Crippen molar-refractivity contribution in [1.82, 2.24) is 0 Å². The third kappa shape index (κ3) is 6.70. The highest BCUT2D eigenvalue weighted by Crippen LogP contribution is 2.22. The first-order chi connectivity index (χ1) is 10.0. The maximum absolute atomic E-state index is 9.26. The van der Waals surface area contributed by atoms with Crippen LogP contribution in [0.1, 0.15) is 32.3 Å². The van der Waals surface area contributed by atoms with Crippen LogP contribution in [0, 0.1) is 5.92 Å². The second-order valence-electron chi connectivity index (χ2n) is 5.40. The summed E-state index contributed by atoms with van der Waals surface area (Å²) in [6.07, 6.45) is 3.49. The van der Waals surface area contributed by atoms with Gasteiger partial charge in [0.2, 0.25) is 0 Å². The van der Waals surface area contributed by atoms with Gasteiger partial charge in [0, 0.05) is 5.69 Å². The predicted molar refractivity (Wildman–Crippen MR) is 91.1 cm³/mol. The number of benzene rings is 2. The van der Waals surface area contributed by atoms with Crippen LogP contribution in [-0.4, -0.2) is 5.11 Å². The van der Waals surface area contributed by atoms with Gasteiger partial charge in [-0.2, -0.15) is 0 Å². The van der Waals surface area contributed by atoms with Crippen LogP contribution in [0.25, 0.3) is 0 Å². The van der Waals surface area contributed by atoms with Crippen LogP contribution in [-0.2, 0) is 6.42 Å². The molecular weight excluding hydrogens is 260 g/mol. The summed E-state index contributed by atoms with van der Waals surface area (Å²) in [5.74, 6) is 0.862. The number of rotatable bonds is 4. The first-order valence-electron chi connectivity index (χ1n) is 7.40. The van der Waals surface area contributed by atoms with Crippen LogP contribution in [0.4, 0.5) is 11.4 Å². The standard InChI is InChI=1S/C12H19NO.C6H7N/c1-3-4-9(2)7-10-5-6-12(14)11(13)8-10;7-6-4-2-1-3-5-6/h5-6,8-9,14H,3-4,7,13H2,1-2H3;1-5H,7H2. The summed E-state index contributed by atoms with van der Waals surface area (Å²) in [5, 5.41) is 9.26. The van der Waals surface area contributed by atoms with Crippen molar-refractivity contribution in [3.8, 4) is 5.75 Å². The number of para-hydroxylation sites is 1. The molecule has 114 valence electrons. The van der Waals surface area contributed by atoms with E-state index in [1.165, 1.54) is 18.4 Å². The van der Waals surface area contributed by atoms with E-state index in [4.69, 9.17) is 11.5 Å². The molecule has 1 atom stereocenters. The Kier molecular flexibility index (Phi) is 7.16. The Labute approximate surface area is 127 Å². The van der Waals surface area contributed by atoms with Crippen molar-refractivity contribution in [3.05, 3.63) is 54.1 Å². The van der Waals surface area contributed by atoms with Crippen LogP contribution in [0.3, 0.4) is 0 Å². The average molecular weight is 286 g/mol. The lowest BCUT2D eigenvalue weighted by Crippen LogP contribution is -1.99. The molecular formula is C18H26N2O. The number of hydrogen-bond donors (Lipinski definition) is 3. The summed E-state index contributed by atoms with van der Waals surface area (Å²) >= 11 is 0. The minimum absolute atomic E-state index is 0.178. The largest absolute Gasteiger partial charge is 0.506 e. The number of hydrogen-bond acceptors (Lipinski definition) is 3. The van der Waals surface area contributed by atoms with Gasteiger partial charge in [-0.1, -0.05) is 51.0 Å². The van der Waals surface area contributed by atoms with Crippen molar-refractivity contribution in [2.24, 2.45) is 5.92 Å². The quantitative estimate of drug-likeness (QED) is 0.582. The fourth-order valence-corrected chi connectivity index (χ4v) is 2.18. The highest BCUT2D eigenvalue weighted by Gasteiger charge is 2.04. The molecule has 0 fully saturated rings. The minimum Gasteiger partial charge on any atom is -0.506 e. The number of nitrogen functional groups attached to an aromatic ring is 2. The topological polar surface area (TPSA) is 72.3 Å². The molecule has 0 aliphatic rings. The Morgan fingerprint density at radius 2 is 1.71 bits per heavy atom. The third-order valence-corrected chi connectivity index (χ3v) is 3.26. The molecule has 21 heavy (non-hydrogen) atoms. The summed E-state index contributed by atoms with van der Waals surface area (Å²) in [5.41, 5.74) is 13.5. The van der Waals surface area contributed by atoms with Crippen molar-refractivity contribution in [1.29, 1.82) is 0 Å². The predicted octanol–water partition coefficient (Wildman–Crippen LogP) is 4.22. The maximum atomic E-state index is 9.26. The molecule has 0 saturated carbocycles. The van der Waals surface area contributed by atoms with Crippen LogP contribution in [0.2, 0.25) is 0 Å². The third-order valence-electron chi connectivity index (χ3n) is 3.26. The van der Waals surface area contributed by atoms with Gasteiger partial charge in [-0.15, -0.1) is 0 Å². The van der Waals surface area contributed by atoms with Crippen LogP contribution in [0.15, 0.2) is 48.5 Å². The number of anilines is 2. The summed E-state index contributed by atoms with van der Waals surface area (Å²) in [6, 6.07) is 15.0. The van der Waals surface area contributed by atoms with Crippen molar-refractivity contribution < 1.29 is 5.11 Å². The first kappa shape index (κ1) is 16.9. The summed E-state index contributed by atoms with van der Waals surface area (Å²) in [4.78, 5) is 0. The van der Waals surface area contributed by atoms with E-state index in [2.05, 4.69) is 13.8 Å². The lowest BCUT2D eigenvalue weighted by Gasteiger charge is -2.10. The molecule has 3 nitrogen and oxygen atoms in total. The summed E-state index contributed by atoms with van der Waals surface area (Å²) < 4.78 is 0. The van der Waals surface area contributed by atoms with E-state index in [1.807, 2.05) is 42.5 Å². The number of aromatic hydroxyl groups is 1. The van der Waals surface area contributed by atoms with Crippen LogP contribution >= 0.6 is 0 Å². The molecule has 0 radical (unpaired) electrons. The molecule has 3 heteroatoms. The molecule has 0 heterocycles. The molecule has 0 saturated heterocycles. The number of phenolic OH excluding ortho intramolecular Hbond substituents is 1. The SMILES string of the molecule is CCCC(C)Cc1ccc(O)c(N)c1.Nc1ccccc1. The van der Waals surface area contributed by atoms with Gasteiger partial charge in [-0.05, 0) is 42.2 Å². The van der Waals surface area contributed by atoms with Gasteiger partial charge in [0.05, 0.1) is 5.69 Å². The zero-order valence-electron chi connectivity index (χ0n) is 12.9. The van der Waals surface area contributed by atoms with Crippen LogP contribution in [0.5, 0.6) is 5.75 Å². The molecule has 0 aliphatic carbocycles. The highest BCUT2D eigenvalue weighted by molar-refractivity contribution is 5.53. The maximum Gasteiger partial charge on any atom is 0.138 e. The van der Waals surface area contributed by atoms with Gasteiger partial charge in [0.25, 0.3) is 0 Å². The second kappa shape index (κ2) is 8.90. The van der Waals surface area contributed by atoms with E-state index < -0.39 is 0 Å². The van der Waals surface area contributed by atoms with E-state index >= 15 is 0 Å². The van der Waals surface area contributed by atoms with Gasteiger partial charge in [0.15, 0.2) is 0 Å². The van der Waals surface area contributed by atoms with Crippen molar-refractivity contribution in [2.45, 2.75) is 33.1 Å². The minimum atomic E-state index is 0.178. The molecule has 1 unspecified atom stereocenters. The molecule has 5 N–H and O–H groups in total. The molecule has 0 amide bonds. The Bertz CT molecular complexity index is 526. The zero-order valence-corrected chi connectivity index (χ0v) is 12.9. The Morgan fingerprint density at radius 1 is 1.05 bits per heavy atom. The van der Waals surface area contributed by atoms with Crippen molar-refractivity contribution in [3.63, 3.8) is 0 Å². The molecule has 0 bridgehead atoms. The van der Waals surface area contributed by atoms with E-state index in [0.29, 0.717) is 11.6 Å². The zero-order chi connectivity index (χ0) is 15.7. The molecule has 2 aromatic rings. The Balaban J connectivity index is 0.000000262. The van der Waals surface area contributed by atoms with Gasteiger partial charge in [0.1, 0.15) is 5.75 Å². The van der Waals surface area contributed by atoms with Crippen molar-refractivity contribution in [2.75, 3.05) is 11.5 Å². The van der Waals surface area contributed by atoms with E-state index in [-0.39, 0.29) is 5.75 Å². The first-order valence-corrected chi connectivity index (χ1v) is 7.40. The van der Waals surface area contributed by atoms with E-state index in [9.17, 15) is 5.11 Å². The molecule has 0 spiro atoms. The van der Waals surface area contributed by atoms with Gasteiger partial charge in [-0.25, -0.2) is 0 Å². The molecule has 2 aromatic carbocycles. The van der Waals surface area contributed by atoms with Gasteiger partial charge < -0.3 is 16.6 Å². The van der Waals surface area contributed by atoms with E-state index in [0.717, 1.165) is 12.1 Å². The number of phenols is 1. The van der Waals surface area contributed by atoms with Gasteiger partial charge >= 0.3 is 0 Å². The average Bonchev–Trinajstić information content (AvgIpc) is 2.45. The summed E-state index contributed by atoms with van der Waals surface area (Å²) in [6.45, 7) is 4.44. The molecule has 0 aliphatic heterocycles. The highest BCUT2D eigenvalue weighted by atomic mass is 16.3. The lowest BCUT2D eigenvalue weighted by molar-refractivity contribution is 0.477. The number of nitrogens with two attached hydrogens (primary N) is 2. The lowest BCUT2D eigenvalue weighted by atomic mass is 9.97. The smallest absolute Gasteiger partial charge is 0.138 e. The normalized spacial score (nSPS) is 11.3. The molecule has 2 rings (SSSR count). The van der Waals surface area contributed by atoms with E-state index in [1.54, 1.807) is 6.07 Å². The Hall–Kier alpha value is -2.16. The molecule has 0 aromatic heterocycles. The fraction of sp³-hybridized carbons (Fsp3) is 0.333. The van der Waals surface area contributed by atoms with Crippen LogP contribution < -0.4 is 11.5 Å². The van der Waals surface area contributed by atoms with Gasteiger partial charge in [-0.3, -0.25) is 0 Å².